The Balaban J connectivity index is 1.61. The van der Waals surface area contributed by atoms with E-state index in [0.29, 0.717) is 0 Å². The molecule has 216 valence electrons. The van der Waals surface area contributed by atoms with Gasteiger partial charge in [-0.3, -0.25) is 0 Å². The molecule has 1 atom stereocenters. The summed E-state index contributed by atoms with van der Waals surface area (Å²) in [7, 11) is 1.71. The van der Waals surface area contributed by atoms with Gasteiger partial charge in [-0.05, 0) is 83.3 Å². The zero-order chi connectivity index (χ0) is 29.8. The molecule has 1 heterocycles. The lowest BCUT2D eigenvalue weighted by Gasteiger charge is -2.39. The van der Waals surface area contributed by atoms with Crippen molar-refractivity contribution in [1.82, 2.24) is 0 Å². The molecule has 0 spiro atoms. The van der Waals surface area contributed by atoms with Crippen LogP contribution in [0.15, 0.2) is 107 Å². The highest BCUT2D eigenvalue weighted by molar-refractivity contribution is 8.01. The van der Waals surface area contributed by atoms with E-state index in [2.05, 4.69) is 117 Å². The second kappa shape index (κ2) is 10.8. The Hall–Kier alpha value is -3.60. The number of hydrogen-bond donors (Lipinski definition) is 0. The van der Waals surface area contributed by atoms with Crippen LogP contribution in [0.1, 0.15) is 54.5 Å². The lowest BCUT2D eigenvalue weighted by molar-refractivity contribution is 0.163. The molecule has 5 aromatic rings. The number of methoxy groups -OCH3 is 1. The molecule has 43 heavy (non-hydrogen) atoms. The van der Waals surface area contributed by atoms with E-state index in [-0.39, 0.29) is 5.41 Å². The average molecular weight is 601 g/mol. The largest absolute Gasteiger partial charge is 0.497 e. The van der Waals surface area contributed by atoms with Gasteiger partial charge in [0.2, 0.25) is 0 Å². The third kappa shape index (κ3) is 4.03. The first-order chi connectivity index (χ1) is 21.0. The monoisotopic (exact) mass is 600 g/mol. The number of ether oxygens (including phenoxy) is 2. The number of benzene rings is 5. The van der Waals surface area contributed by atoms with E-state index >= 15 is 0 Å². The first kappa shape index (κ1) is 28.2. The third-order valence-corrected chi connectivity index (χ3v) is 11.4. The van der Waals surface area contributed by atoms with Crippen LogP contribution in [0, 0.1) is 0 Å². The Morgan fingerprint density at radius 3 is 2.02 bits per heavy atom. The Morgan fingerprint density at radius 2 is 1.37 bits per heavy atom. The summed E-state index contributed by atoms with van der Waals surface area (Å²) >= 11 is 3.62. The summed E-state index contributed by atoms with van der Waals surface area (Å²) in [6, 6.07) is 32.8. The van der Waals surface area contributed by atoms with E-state index in [1.165, 1.54) is 48.4 Å². The molecular formula is C39H36O2S2. The summed E-state index contributed by atoms with van der Waals surface area (Å²) < 4.78 is 13.0. The molecule has 0 fully saturated rings. The fourth-order valence-electron chi connectivity index (χ4n) is 7.48. The number of thioether (sulfide) groups is 2. The van der Waals surface area contributed by atoms with Gasteiger partial charge in [0.05, 0.1) is 7.11 Å². The summed E-state index contributed by atoms with van der Waals surface area (Å²) in [6.45, 7) is 4.68. The summed E-state index contributed by atoms with van der Waals surface area (Å²) in [5, 5.41) is 2.45. The van der Waals surface area contributed by atoms with Crippen LogP contribution in [0.2, 0.25) is 0 Å². The second-order valence-electron chi connectivity index (χ2n) is 11.3. The lowest BCUT2D eigenvalue weighted by Crippen LogP contribution is -2.35. The fraction of sp³-hybridized carbons (Fsp3) is 0.231. The second-order valence-corrected chi connectivity index (χ2v) is 13.0. The van der Waals surface area contributed by atoms with Crippen molar-refractivity contribution in [3.05, 3.63) is 125 Å². The van der Waals surface area contributed by atoms with Crippen LogP contribution in [-0.2, 0) is 11.0 Å². The highest BCUT2D eigenvalue weighted by Gasteiger charge is 2.46. The highest BCUT2D eigenvalue weighted by atomic mass is 32.2. The highest BCUT2D eigenvalue weighted by Crippen LogP contribution is 2.60. The van der Waals surface area contributed by atoms with Crippen molar-refractivity contribution >= 4 is 40.4 Å². The number of hydrogen-bond acceptors (Lipinski definition) is 4. The van der Waals surface area contributed by atoms with Gasteiger partial charge in [-0.1, -0.05) is 86.7 Å². The molecular weight excluding hydrogens is 565 g/mol. The Bertz CT molecular complexity index is 1870. The van der Waals surface area contributed by atoms with Gasteiger partial charge in [0.15, 0.2) is 5.60 Å². The van der Waals surface area contributed by atoms with Gasteiger partial charge < -0.3 is 9.47 Å². The molecule has 1 aliphatic carbocycles. The van der Waals surface area contributed by atoms with Gasteiger partial charge in [0.25, 0.3) is 0 Å². The van der Waals surface area contributed by atoms with Crippen molar-refractivity contribution < 1.29 is 9.47 Å². The van der Waals surface area contributed by atoms with E-state index < -0.39 is 5.60 Å². The molecule has 0 saturated carbocycles. The zero-order valence-corrected chi connectivity index (χ0v) is 27.0. The van der Waals surface area contributed by atoms with E-state index in [0.717, 1.165) is 35.5 Å². The van der Waals surface area contributed by atoms with Gasteiger partial charge in [-0.15, -0.1) is 23.5 Å². The molecule has 0 amide bonds. The molecule has 0 N–H and O–H groups in total. The topological polar surface area (TPSA) is 18.5 Å². The average Bonchev–Trinajstić information content (AvgIpc) is 3.38. The van der Waals surface area contributed by atoms with E-state index in [1.807, 2.05) is 23.9 Å². The maximum Gasteiger partial charge on any atom is 0.178 e. The molecule has 0 radical (unpaired) electrons. The SMILES string of the molecule is CCC1(CC)c2ccccc2-c2c1c1c(c3cc(SC)c(SC)cc23)OC(c2ccccc2)(c2ccc(OC)cc2)C=C1. The summed E-state index contributed by atoms with van der Waals surface area (Å²) in [6.07, 6.45) is 11.0. The molecule has 0 aromatic heterocycles. The van der Waals surface area contributed by atoms with Crippen LogP contribution in [0.3, 0.4) is 0 Å². The maximum absolute atomic E-state index is 7.51. The minimum Gasteiger partial charge on any atom is -0.497 e. The van der Waals surface area contributed by atoms with Crippen LogP contribution in [-0.4, -0.2) is 19.6 Å². The smallest absolute Gasteiger partial charge is 0.178 e. The van der Waals surface area contributed by atoms with Crippen LogP contribution in [0.25, 0.3) is 28.0 Å². The number of fused-ring (bicyclic) bond motifs is 8. The molecule has 5 aromatic carbocycles. The molecule has 2 nitrogen and oxygen atoms in total. The molecule has 0 bridgehead atoms. The zero-order valence-electron chi connectivity index (χ0n) is 25.4. The quantitative estimate of drug-likeness (QED) is 0.173. The lowest BCUT2D eigenvalue weighted by atomic mass is 9.71. The first-order valence-corrected chi connectivity index (χ1v) is 17.4. The van der Waals surface area contributed by atoms with Crippen molar-refractivity contribution in [3.8, 4) is 22.6 Å². The molecule has 2 aliphatic rings. The Kier molecular flexibility index (Phi) is 7.10. The van der Waals surface area contributed by atoms with Crippen LogP contribution in [0.4, 0.5) is 0 Å². The Labute approximate surface area is 263 Å². The van der Waals surface area contributed by atoms with Crippen molar-refractivity contribution in [3.63, 3.8) is 0 Å². The maximum atomic E-state index is 7.51. The molecule has 1 aliphatic heterocycles. The van der Waals surface area contributed by atoms with Crippen LogP contribution in [0.5, 0.6) is 11.5 Å². The minimum absolute atomic E-state index is 0.0809. The van der Waals surface area contributed by atoms with Gasteiger partial charge >= 0.3 is 0 Å². The summed E-state index contributed by atoms with van der Waals surface area (Å²) in [4.78, 5) is 2.58. The van der Waals surface area contributed by atoms with E-state index in [4.69, 9.17) is 9.47 Å². The molecule has 0 saturated heterocycles. The molecule has 4 heteroatoms. The van der Waals surface area contributed by atoms with Crippen molar-refractivity contribution in [2.45, 2.75) is 47.5 Å². The predicted molar refractivity (Wildman–Crippen MR) is 184 cm³/mol. The summed E-state index contributed by atoms with van der Waals surface area (Å²) in [5.41, 5.74) is 8.11. The van der Waals surface area contributed by atoms with Crippen molar-refractivity contribution in [2.75, 3.05) is 19.6 Å². The van der Waals surface area contributed by atoms with Crippen molar-refractivity contribution in [2.24, 2.45) is 0 Å². The molecule has 7 rings (SSSR count). The standard InChI is InChI=1S/C39H36O2S2/c1-6-38(7-2)32-16-12-11-15-28(32)35-30-23-33(42-4)34(43-5)24-31(30)37-29(36(35)38)21-22-39(41-37,25-13-9-8-10-14-25)26-17-19-27(40-3)20-18-26/h8-24H,6-7H2,1-5H3. The van der Waals surface area contributed by atoms with Crippen molar-refractivity contribution in [1.29, 1.82) is 0 Å². The fourth-order valence-corrected chi connectivity index (χ4v) is 8.97. The van der Waals surface area contributed by atoms with Gasteiger partial charge in [0, 0.05) is 37.3 Å². The minimum atomic E-state index is -0.786. The van der Waals surface area contributed by atoms with Gasteiger partial charge in [0.1, 0.15) is 11.5 Å². The van der Waals surface area contributed by atoms with Crippen LogP contribution >= 0.6 is 23.5 Å². The number of rotatable bonds is 7. The first-order valence-electron chi connectivity index (χ1n) is 15.0. The normalized spacial score (nSPS) is 17.7. The van der Waals surface area contributed by atoms with Gasteiger partial charge in [-0.25, -0.2) is 0 Å². The third-order valence-electron chi connectivity index (χ3n) is 9.67. The van der Waals surface area contributed by atoms with Crippen LogP contribution < -0.4 is 9.47 Å². The Morgan fingerprint density at radius 1 is 0.744 bits per heavy atom. The molecule has 1 unspecified atom stereocenters. The predicted octanol–water partition coefficient (Wildman–Crippen LogP) is 10.7. The van der Waals surface area contributed by atoms with E-state index in [9.17, 15) is 0 Å². The van der Waals surface area contributed by atoms with E-state index in [1.54, 1.807) is 18.9 Å². The summed E-state index contributed by atoms with van der Waals surface area (Å²) in [5.74, 6) is 1.80. The van der Waals surface area contributed by atoms with Gasteiger partial charge in [-0.2, -0.15) is 0 Å².